The van der Waals surface area contributed by atoms with Gasteiger partial charge in [-0.1, -0.05) is 12.1 Å². The predicted octanol–water partition coefficient (Wildman–Crippen LogP) is 1.66. The van der Waals surface area contributed by atoms with Crippen LogP contribution in [0.4, 0.5) is 5.82 Å². The van der Waals surface area contributed by atoms with E-state index in [4.69, 9.17) is 0 Å². The van der Waals surface area contributed by atoms with Crippen LogP contribution in [0.15, 0.2) is 30.5 Å². The maximum atomic E-state index is 12.4. The summed E-state index contributed by atoms with van der Waals surface area (Å²) in [7, 11) is 1.71. The van der Waals surface area contributed by atoms with Crippen molar-refractivity contribution >= 4 is 11.7 Å². The lowest BCUT2D eigenvalue weighted by atomic mass is 10.1. The van der Waals surface area contributed by atoms with Crippen LogP contribution < -0.4 is 5.32 Å². The molecule has 0 fully saturated rings. The molecule has 0 atom stereocenters. The molecule has 1 amide bonds. The molecule has 0 bridgehead atoms. The summed E-state index contributed by atoms with van der Waals surface area (Å²) in [6.07, 6.45) is 4.97. The lowest BCUT2D eigenvalue weighted by molar-refractivity contribution is 0.102. The molecule has 8 nitrogen and oxygen atoms in total. The summed E-state index contributed by atoms with van der Waals surface area (Å²) in [5.74, 6) is 2.19. The van der Waals surface area contributed by atoms with Crippen LogP contribution in [0.2, 0.25) is 0 Å². The highest BCUT2D eigenvalue weighted by atomic mass is 16.1. The first-order chi connectivity index (χ1) is 11.7. The average molecular weight is 323 g/mol. The van der Waals surface area contributed by atoms with Crippen molar-refractivity contribution in [1.29, 1.82) is 0 Å². The maximum absolute atomic E-state index is 12.4. The van der Waals surface area contributed by atoms with Crippen molar-refractivity contribution in [2.45, 2.75) is 25.8 Å². The van der Waals surface area contributed by atoms with Crippen LogP contribution in [-0.4, -0.2) is 35.7 Å². The van der Waals surface area contributed by atoms with Crippen LogP contribution in [0, 0.1) is 0 Å². The van der Waals surface area contributed by atoms with Gasteiger partial charge in [0.2, 0.25) is 5.82 Å². The van der Waals surface area contributed by atoms with Crippen LogP contribution in [-0.2, 0) is 20.0 Å². The smallest absolute Gasteiger partial charge is 0.256 e. The Bertz CT molecular complexity index is 878. The Labute approximate surface area is 138 Å². The molecule has 0 radical (unpaired) electrons. The van der Waals surface area contributed by atoms with E-state index in [0.29, 0.717) is 11.4 Å². The molecule has 3 heterocycles. The molecule has 4 rings (SSSR count). The van der Waals surface area contributed by atoms with E-state index in [2.05, 4.69) is 30.3 Å². The topological polar surface area (TPSA) is 90.5 Å². The lowest BCUT2D eigenvalue weighted by Crippen LogP contribution is -2.18. The molecule has 1 aliphatic heterocycles. The maximum Gasteiger partial charge on any atom is 0.256 e. The molecule has 1 aromatic carbocycles. The number of nitrogens with one attached hydrogen (secondary N) is 1. The summed E-state index contributed by atoms with van der Waals surface area (Å²) >= 11 is 0. The molecule has 3 aromatic rings. The SMILES string of the molecule is Cn1nnc(-c2ccc(C(=O)Nc3cnc4n3CCCC4)cc2)n1. The van der Waals surface area contributed by atoms with Crippen LogP contribution in [0.25, 0.3) is 11.4 Å². The summed E-state index contributed by atoms with van der Waals surface area (Å²) in [5, 5.41) is 14.9. The van der Waals surface area contributed by atoms with Crippen molar-refractivity contribution in [1.82, 2.24) is 29.8 Å². The minimum atomic E-state index is -0.151. The van der Waals surface area contributed by atoms with Crippen molar-refractivity contribution in [3.63, 3.8) is 0 Å². The van der Waals surface area contributed by atoms with Gasteiger partial charge >= 0.3 is 0 Å². The molecule has 1 aliphatic rings. The lowest BCUT2D eigenvalue weighted by Gasteiger charge is -2.16. The zero-order valence-corrected chi connectivity index (χ0v) is 13.3. The second-order valence-electron chi connectivity index (χ2n) is 5.80. The van der Waals surface area contributed by atoms with Gasteiger partial charge in [0.05, 0.1) is 13.2 Å². The first-order valence-corrected chi connectivity index (χ1v) is 7.91. The number of carbonyl (C=O) groups is 1. The number of benzene rings is 1. The van der Waals surface area contributed by atoms with Crippen LogP contribution in [0.3, 0.4) is 0 Å². The van der Waals surface area contributed by atoms with Gasteiger partial charge in [0.25, 0.3) is 5.91 Å². The highest BCUT2D eigenvalue weighted by Gasteiger charge is 2.16. The number of tetrazole rings is 1. The van der Waals surface area contributed by atoms with Gasteiger partial charge in [-0.15, -0.1) is 10.2 Å². The minimum Gasteiger partial charge on any atom is -0.315 e. The molecule has 1 N–H and O–H groups in total. The summed E-state index contributed by atoms with van der Waals surface area (Å²) < 4.78 is 2.08. The Hall–Kier alpha value is -3.03. The number of hydrogen-bond donors (Lipinski definition) is 1. The van der Waals surface area contributed by atoms with Crippen molar-refractivity contribution in [3.8, 4) is 11.4 Å². The Morgan fingerprint density at radius 3 is 2.79 bits per heavy atom. The quantitative estimate of drug-likeness (QED) is 0.791. The van der Waals surface area contributed by atoms with Gasteiger partial charge < -0.3 is 9.88 Å². The van der Waals surface area contributed by atoms with Gasteiger partial charge in [-0.2, -0.15) is 4.80 Å². The Morgan fingerprint density at radius 2 is 2.04 bits per heavy atom. The first kappa shape index (κ1) is 14.6. The Balaban J connectivity index is 1.51. The van der Waals surface area contributed by atoms with E-state index in [0.717, 1.165) is 43.0 Å². The van der Waals surface area contributed by atoms with E-state index in [1.54, 1.807) is 25.4 Å². The van der Waals surface area contributed by atoms with E-state index < -0.39 is 0 Å². The van der Waals surface area contributed by atoms with E-state index in [9.17, 15) is 4.79 Å². The first-order valence-electron chi connectivity index (χ1n) is 7.91. The Morgan fingerprint density at radius 1 is 1.21 bits per heavy atom. The van der Waals surface area contributed by atoms with Gasteiger partial charge in [0.15, 0.2) is 0 Å². The van der Waals surface area contributed by atoms with Crippen LogP contribution in [0.5, 0.6) is 0 Å². The number of amides is 1. The third kappa shape index (κ3) is 2.66. The minimum absolute atomic E-state index is 0.151. The van der Waals surface area contributed by atoms with Gasteiger partial charge in [-0.3, -0.25) is 4.79 Å². The fourth-order valence-corrected chi connectivity index (χ4v) is 2.87. The summed E-state index contributed by atoms with van der Waals surface area (Å²) in [5.41, 5.74) is 1.40. The standard InChI is InChI=1S/C16H17N7O/c1-22-20-15(19-21-22)11-5-7-12(8-6-11)16(24)18-14-10-17-13-4-2-3-9-23(13)14/h5-8,10H,2-4,9H2,1H3,(H,18,24). The number of carbonyl (C=O) groups excluding carboxylic acids is 1. The summed E-state index contributed by atoms with van der Waals surface area (Å²) in [6.45, 7) is 0.905. The number of hydrogen-bond acceptors (Lipinski definition) is 5. The molecule has 0 saturated heterocycles. The van der Waals surface area contributed by atoms with E-state index in [-0.39, 0.29) is 5.91 Å². The third-order valence-electron chi connectivity index (χ3n) is 4.13. The zero-order valence-electron chi connectivity index (χ0n) is 13.3. The number of nitrogens with zero attached hydrogens (tertiary/aromatic N) is 6. The zero-order chi connectivity index (χ0) is 16.5. The average Bonchev–Trinajstić information content (AvgIpc) is 3.22. The number of aromatic nitrogens is 6. The molecule has 0 spiro atoms. The molecule has 0 aliphatic carbocycles. The van der Waals surface area contributed by atoms with E-state index >= 15 is 0 Å². The van der Waals surface area contributed by atoms with Crippen molar-refractivity contribution in [3.05, 3.63) is 41.9 Å². The Kier molecular flexibility index (Phi) is 3.56. The highest BCUT2D eigenvalue weighted by Crippen LogP contribution is 2.20. The predicted molar refractivity (Wildman–Crippen MR) is 87.4 cm³/mol. The molecule has 0 unspecified atom stereocenters. The van der Waals surface area contributed by atoms with Crippen LogP contribution >= 0.6 is 0 Å². The highest BCUT2D eigenvalue weighted by molar-refractivity contribution is 6.04. The number of aryl methyl sites for hydroxylation is 2. The monoisotopic (exact) mass is 323 g/mol. The van der Waals surface area contributed by atoms with Gasteiger partial charge in [0, 0.05) is 24.1 Å². The molecule has 0 saturated carbocycles. The largest absolute Gasteiger partial charge is 0.315 e. The molecular formula is C16H17N7O. The number of fused-ring (bicyclic) bond motifs is 1. The van der Waals surface area contributed by atoms with Gasteiger partial charge in [-0.05, 0) is 30.2 Å². The number of anilines is 1. The number of rotatable bonds is 3. The summed E-state index contributed by atoms with van der Waals surface area (Å²) in [6, 6.07) is 7.15. The molecule has 8 heteroatoms. The fraction of sp³-hybridized carbons (Fsp3) is 0.312. The third-order valence-corrected chi connectivity index (χ3v) is 4.13. The fourth-order valence-electron chi connectivity index (χ4n) is 2.87. The van der Waals surface area contributed by atoms with Crippen LogP contribution in [0.1, 0.15) is 29.0 Å². The van der Waals surface area contributed by atoms with Gasteiger partial charge in [0.1, 0.15) is 11.6 Å². The normalized spacial score (nSPS) is 13.5. The summed E-state index contributed by atoms with van der Waals surface area (Å²) in [4.78, 5) is 18.2. The second-order valence-corrected chi connectivity index (χ2v) is 5.80. The molecular weight excluding hydrogens is 306 g/mol. The van der Waals surface area contributed by atoms with Crippen molar-refractivity contribution in [2.24, 2.45) is 7.05 Å². The number of imidazole rings is 1. The van der Waals surface area contributed by atoms with Crippen molar-refractivity contribution < 1.29 is 4.79 Å². The second kappa shape index (κ2) is 5.88. The van der Waals surface area contributed by atoms with Gasteiger partial charge in [-0.25, -0.2) is 4.98 Å². The van der Waals surface area contributed by atoms with Crippen molar-refractivity contribution in [2.75, 3.05) is 5.32 Å². The molecule has 24 heavy (non-hydrogen) atoms. The molecule has 122 valence electrons. The van der Waals surface area contributed by atoms with E-state index in [1.165, 1.54) is 4.80 Å². The molecule has 2 aromatic heterocycles. The van der Waals surface area contributed by atoms with E-state index in [1.807, 2.05) is 12.1 Å².